The Kier molecular flexibility index (Phi) is 5.62. The number of hydrogen-bond donors (Lipinski definition) is 1. The molecule has 4 rings (SSSR count). The Hall–Kier alpha value is -3.81. The predicted octanol–water partition coefficient (Wildman–Crippen LogP) is 3.16. The van der Waals surface area contributed by atoms with Crippen molar-refractivity contribution in [3.63, 3.8) is 0 Å². The largest absolute Gasteiger partial charge is 0.350 e. The average molecular weight is 419 g/mol. The predicted molar refractivity (Wildman–Crippen MR) is 115 cm³/mol. The molecule has 0 bridgehead atoms. The topological polar surface area (TPSA) is 81.8 Å². The SMILES string of the molecule is CC(C)c1nn(CC(=O)NCc2ccc(F)cc2)c(=O)c2c1cnn2-c1ccccc1. The number of carbonyl (C=O) groups is 1. The quantitative estimate of drug-likeness (QED) is 0.521. The molecule has 0 fully saturated rings. The van der Waals surface area contributed by atoms with E-state index < -0.39 is 5.56 Å². The van der Waals surface area contributed by atoms with Gasteiger partial charge in [-0.05, 0) is 35.7 Å². The third kappa shape index (κ3) is 4.23. The van der Waals surface area contributed by atoms with Crippen LogP contribution in [0.5, 0.6) is 0 Å². The Labute approximate surface area is 178 Å². The van der Waals surface area contributed by atoms with Crippen LogP contribution >= 0.6 is 0 Å². The standard InChI is InChI=1S/C23H22FN5O2/c1-15(2)21-19-13-26-29(18-6-4-3-5-7-18)22(19)23(31)28(27-21)14-20(30)25-12-16-8-10-17(24)11-9-16/h3-11,13,15H,12,14H2,1-2H3,(H,25,30). The summed E-state index contributed by atoms with van der Waals surface area (Å²) in [6.07, 6.45) is 1.64. The molecule has 7 nitrogen and oxygen atoms in total. The van der Waals surface area contributed by atoms with Crippen LogP contribution in [0.2, 0.25) is 0 Å². The fourth-order valence-electron chi connectivity index (χ4n) is 3.39. The lowest BCUT2D eigenvalue weighted by molar-refractivity contribution is -0.122. The summed E-state index contributed by atoms with van der Waals surface area (Å²) in [5.74, 6) is -0.667. The third-order valence-electron chi connectivity index (χ3n) is 4.95. The van der Waals surface area contributed by atoms with E-state index in [1.807, 2.05) is 44.2 Å². The number of aromatic nitrogens is 4. The molecule has 0 unspecified atom stereocenters. The van der Waals surface area contributed by atoms with Crippen LogP contribution in [0.25, 0.3) is 16.6 Å². The van der Waals surface area contributed by atoms with Gasteiger partial charge < -0.3 is 5.32 Å². The first-order chi connectivity index (χ1) is 14.9. The second-order valence-corrected chi connectivity index (χ2v) is 7.56. The second kappa shape index (κ2) is 8.51. The van der Waals surface area contributed by atoms with Gasteiger partial charge in [-0.1, -0.05) is 44.2 Å². The van der Waals surface area contributed by atoms with E-state index in [1.54, 1.807) is 23.0 Å². The van der Waals surface area contributed by atoms with Gasteiger partial charge >= 0.3 is 0 Å². The molecule has 2 aromatic heterocycles. The van der Waals surface area contributed by atoms with Crippen molar-refractivity contribution in [1.82, 2.24) is 24.9 Å². The van der Waals surface area contributed by atoms with E-state index in [-0.39, 0.29) is 30.7 Å². The van der Waals surface area contributed by atoms with Gasteiger partial charge in [0.1, 0.15) is 17.9 Å². The summed E-state index contributed by atoms with van der Waals surface area (Å²) < 4.78 is 15.8. The fourth-order valence-corrected chi connectivity index (χ4v) is 3.39. The molecular weight excluding hydrogens is 397 g/mol. The Morgan fingerprint density at radius 3 is 2.48 bits per heavy atom. The molecule has 0 saturated carbocycles. The number of para-hydroxylation sites is 1. The fraction of sp³-hybridized carbons (Fsp3) is 0.217. The van der Waals surface area contributed by atoms with Gasteiger partial charge in [0, 0.05) is 11.9 Å². The van der Waals surface area contributed by atoms with Crippen LogP contribution in [-0.2, 0) is 17.9 Å². The summed E-state index contributed by atoms with van der Waals surface area (Å²) in [6, 6.07) is 15.2. The number of fused-ring (bicyclic) bond motifs is 1. The maximum absolute atomic E-state index is 13.2. The van der Waals surface area contributed by atoms with Gasteiger partial charge in [0.15, 0.2) is 0 Å². The Morgan fingerprint density at radius 2 is 1.81 bits per heavy atom. The minimum atomic E-state index is -0.391. The Bertz CT molecular complexity index is 1280. The molecule has 0 radical (unpaired) electrons. The van der Waals surface area contributed by atoms with Crippen molar-refractivity contribution in [3.05, 3.63) is 88.2 Å². The highest BCUT2D eigenvalue weighted by molar-refractivity contribution is 5.82. The molecule has 8 heteroatoms. The van der Waals surface area contributed by atoms with Gasteiger partial charge in [0.05, 0.1) is 17.6 Å². The molecule has 0 saturated heterocycles. The van der Waals surface area contributed by atoms with E-state index in [1.165, 1.54) is 16.8 Å². The monoisotopic (exact) mass is 419 g/mol. The van der Waals surface area contributed by atoms with Crippen LogP contribution in [0, 0.1) is 5.82 Å². The lowest BCUT2D eigenvalue weighted by Gasteiger charge is -2.12. The maximum atomic E-state index is 13.2. The lowest BCUT2D eigenvalue weighted by atomic mass is 10.1. The highest BCUT2D eigenvalue weighted by Gasteiger charge is 2.19. The first-order valence-corrected chi connectivity index (χ1v) is 9.99. The average Bonchev–Trinajstić information content (AvgIpc) is 3.21. The number of nitrogens with zero attached hydrogens (tertiary/aromatic N) is 4. The highest BCUT2D eigenvalue weighted by atomic mass is 19.1. The molecule has 1 N–H and O–H groups in total. The minimum Gasteiger partial charge on any atom is -0.350 e. The number of rotatable bonds is 6. The van der Waals surface area contributed by atoms with E-state index in [9.17, 15) is 14.0 Å². The summed E-state index contributed by atoms with van der Waals surface area (Å²) in [5.41, 5.74) is 2.20. The molecule has 0 spiro atoms. The highest BCUT2D eigenvalue weighted by Crippen LogP contribution is 2.22. The summed E-state index contributed by atoms with van der Waals surface area (Å²) >= 11 is 0. The van der Waals surface area contributed by atoms with Crippen LogP contribution in [0.1, 0.15) is 31.0 Å². The van der Waals surface area contributed by atoms with E-state index >= 15 is 0 Å². The summed E-state index contributed by atoms with van der Waals surface area (Å²) in [6.45, 7) is 3.96. The number of hydrogen-bond acceptors (Lipinski definition) is 4. The third-order valence-corrected chi connectivity index (χ3v) is 4.95. The van der Waals surface area contributed by atoms with Gasteiger partial charge in [-0.2, -0.15) is 10.2 Å². The van der Waals surface area contributed by atoms with Crippen LogP contribution < -0.4 is 10.9 Å². The minimum absolute atomic E-state index is 0.0325. The van der Waals surface area contributed by atoms with Crippen LogP contribution in [0.15, 0.2) is 65.6 Å². The molecule has 31 heavy (non-hydrogen) atoms. The number of halogens is 1. The van der Waals surface area contributed by atoms with Gasteiger partial charge in [-0.15, -0.1) is 0 Å². The zero-order chi connectivity index (χ0) is 22.0. The van der Waals surface area contributed by atoms with Crippen LogP contribution in [0.4, 0.5) is 4.39 Å². The number of benzene rings is 2. The van der Waals surface area contributed by atoms with Crippen molar-refractivity contribution < 1.29 is 9.18 Å². The van der Waals surface area contributed by atoms with E-state index in [0.717, 1.165) is 11.3 Å². The van der Waals surface area contributed by atoms with Gasteiger partial charge in [0.2, 0.25) is 5.91 Å². The molecule has 4 aromatic rings. The molecule has 0 aliphatic heterocycles. The Morgan fingerprint density at radius 1 is 1.10 bits per heavy atom. The smallest absolute Gasteiger partial charge is 0.293 e. The van der Waals surface area contributed by atoms with Gasteiger partial charge in [-0.25, -0.2) is 13.8 Å². The zero-order valence-corrected chi connectivity index (χ0v) is 17.2. The molecule has 2 heterocycles. The molecule has 1 amide bonds. The first-order valence-electron chi connectivity index (χ1n) is 9.99. The Balaban J connectivity index is 1.67. The number of nitrogens with one attached hydrogen (secondary N) is 1. The first kappa shape index (κ1) is 20.5. The molecular formula is C23H22FN5O2. The zero-order valence-electron chi connectivity index (χ0n) is 17.2. The lowest BCUT2D eigenvalue weighted by Crippen LogP contribution is -2.34. The molecule has 0 atom stereocenters. The molecule has 158 valence electrons. The van der Waals surface area contributed by atoms with E-state index in [2.05, 4.69) is 15.5 Å². The summed E-state index contributed by atoms with van der Waals surface area (Å²) in [4.78, 5) is 25.7. The maximum Gasteiger partial charge on any atom is 0.293 e. The molecule has 2 aromatic carbocycles. The van der Waals surface area contributed by atoms with Crippen LogP contribution in [0.3, 0.4) is 0 Å². The summed E-state index contributed by atoms with van der Waals surface area (Å²) in [7, 11) is 0. The molecule has 0 aliphatic carbocycles. The van der Waals surface area contributed by atoms with Crippen molar-refractivity contribution in [2.75, 3.05) is 0 Å². The normalized spacial score (nSPS) is 11.2. The van der Waals surface area contributed by atoms with Crippen LogP contribution in [-0.4, -0.2) is 25.5 Å². The van der Waals surface area contributed by atoms with Crippen molar-refractivity contribution in [2.45, 2.75) is 32.9 Å². The van der Waals surface area contributed by atoms with Crippen molar-refractivity contribution in [3.8, 4) is 5.69 Å². The second-order valence-electron chi connectivity index (χ2n) is 7.56. The van der Waals surface area contributed by atoms with Crippen molar-refractivity contribution >= 4 is 16.8 Å². The van der Waals surface area contributed by atoms with Crippen molar-refractivity contribution in [2.24, 2.45) is 0 Å². The van der Waals surface area contributed by atoms with E-state index in [4.69, 9.17) is 0 Å². The molecule has 0 aliphatic rings. The van der Waals surface area contributed by atoms with Crippen molar-refractivity contribution in [1.29, 1.82) is 0 Å². The number of amides is 1. The number of carbonyl (C=O) groups excluding carboxylic acids is 1. The van der Waals surface area contributed by atoms with Gasteiger partial charge in [-0.3, -0.25) is 9.59 Å². The summed E-state index contributed by atoms with van der Waals surface area (Å²) in [5, 5.41) is 12.3. The van der Waals surface area contributed by atoms with Gasteiger partial charge in [0.25, 0.3) is 5.56 Å². The van der Waals surface area contributed by atoms with E-state index in [0.29, 0.717) is 16.6 Å².